The molecule has 0 aliphatic heterocycles. The summed E-state index contributed by atoms with van der Waals surface area (Å²) in [4.78, 5) is 12.5. The average molecular weight is 371 g/mol. The Morgan fingerprint density at radius 1 is 1.00 bits per heavy atom. The van der Waals surface area contributed by atoms with Crippen molar-refractivity contribution in [3.63, 3.8) is 0 Å². The molecule has 0 spiro atoms. The van der Waals surface area contributed by atoms with Gasteiger partial charge in [0.2, 0.25) is 0 Å². The fraction of sp³-hybridized carbons (Fsp3) is 0.100. The predicted molar refractivity (Wildman–Crippen MR) is 99.9 cm³/mol. The monoisotopic (exact) mass is 371 g/mol. The van der Waals surface area contributed by atoms with E-state index in [1.54, 1.807) is 37.5 Å². The number of aromatic nitrogens is 1. The quantitative estimate of drug-likeness (QED) is 0.661. The minimum atomic E-state index is -4.39. The molecule has 1 aromatic heterocycles. The van der Waals surface area contributed by atoms with Crippen LogP contribution in [0.2, 0.25) is 0 Å². The van der Waals surface area contributed by atoms with E-state index in [2.05, 4.69) is 5.32 Å². The fourth-order valence-corrected chi connectivity index (χ4v) is 2.77. The highest BCUT2D eigenvalue weighted by Gasteiger charge is 2.29. The topological polar surface area (TPSA) is 57.9 Å². The maximum Gasteiger partial charge on any atom is 0.416 e. The zero-order valence-corrected chi connectivity index (χ0v) is 14.3. The highest BCUT2D eigenvalue weighted by Crippen LogP contribution is 2.30. The van der Waals surface area contributed by atoms with Crippen LogP contribution in [0.1, 0.15) is 11.1 Å². The number of anilines is 1. The van der Waals surface area contributed by atoms with Crippen LogP contribution in [-0.2, 0) is 6.18 Å². The molecule has 0 amide bonds. The van der Waals surface area contributed by atoms with Crippen molar-refractivity contribution in [1.29, 1.82) is 5.41 Å². The number of pyridine rings is 1. The number of nitrogens with one attached hydrogen (secondary N) is 2. The van der Waals surface area contributed by atoms with Crippen molar-refractivity contribution in [2.24, 2.45) is 0 Å². The van der Waals surface area contributed by atoms with E-state index in [1.807, 2.05) is 0 Å². The molecular formula is C20H16F3N3O. The molecule has 138 valence electrons. The highest BCUT2D eigenvalue weighted by atomic mass is 19.4. The van der Waals surface area contributed by atoms with E-state index in [4.69, 9.17) is 5.41 Å². The summed E-state index contributed by atoms with van der Waals surface area (Å²) < 4.78 is 39.4. The summed E-state index contributed by atoms with van der Waals surface area (Å²) in [5, 5.41) is 10.4. The van der Waals surface area contributed by atoms with Gasteiger partial charge in [-0.1, -0.05) is 12.1 Å². The first kappa shape index (κ1) is 18.4. The Labute approximate surface area is 153 Å². The summed E-state index contributed by atoms with van der Waals surface area (Å²) in [7, 11) is 1.74. The molecule has 27 heavy (non-hydrogen) atoms. The number of hydrogen-bond donors (Lipinski definition) is 2. The molecule has 2 aromatic carbocycles. The van der Waals surface area contributed by atoms with Gasteiger partial charge in [-0.3, -0.25) is 9.36 Å². The number of halogens is 3. The summed E-state index contributed by atoms with van der Waals surface area (Å²) >= 11 is 0. The molecule has 4 nitrogen and oxygen atoms in total. The molecule has 3 rings (SSSR count). The lowest BCUT2D eigenvalue weighted by atomic mass is 10.0. The maximum atomic E-state index is 12.7. The van der Waals surface area contributed by atoms with Gasteiger partial charge in [0.15, 0.2) is 0 Å². The number of hydrogen-bond acceptors (Lipinski definition) is 3. The van der Waals surface area contributed by atoms with Gasteiger partial charge < -0.3 is 10.7 Å². The van der Waals surface area contributed by atoms with Crippen LogP contribution in [0.25, 0.3) is 16.8 Å². The van der Waals surface area contributed by atoms with E-state index in [0.717, 1.165) is 17.8 Å². The van der Waals surface area contributed by atoms with Crippen molar-refractivity contribution >= 4 is 11.9 Å². The van der Waals surface area contributed by atoms with Gasteiger partial charge in [0.1, 0.15) is 0 Å². The first-order valence-electron chi connectivity index (χ1n) is 8.06. The second-order valence-corrected chi connectivity index (χ2v) is 5.86. The Balaban J connectivity index is 1.97. The molecule has 3 aromatic rings. The number of alkyl halides is 3. The largest absolute Gasteiger partial charge is 0.416 e. The summed E-state index contributed by atoms with van der Waals surface area (Å²) in [5.41, 5.74) is 2.00. The van der Waals surface area contributed by atoms with Gasteiger partial charge in [0.25, 0.3) is 5.56 Å². The van der Waals surface area contributed by atoms with Crippen molar-refractivity contribution in [2.75, 3.05) is 12.4 Å². The lowest BCUT2D eigenvalue weighted by molar-refractivity contribution is -0.137. The van der Waals surface area contributed by atoms with E-state index >= 15 is 0 Å². The molecule has 0 aliphatic rings. The Kier molecular flexibility index (Phi) is 4.85. The molecule has 7 heteroatoms. The van der Waals surface area contributed by atoms with Crippen LogP contribution in [0.5, 0.6) is 0 Å². The van der Waals surface area contributed by atoms with Gasteiger partial charge >= 0.3 is 6.18 Å². The normalized spacial score (nSPS) is 11.3. The van der Waals surface area contributed by atoms with Crippen molar-refractivity contribution in [3.8, 4) is 16.8 Å². The molecule has 0 fully saturated rings. The fourth-order valence-electron chi connectivity index (χ4n) is 2.77. The van der Waals surface area contributed by atoms with Crippen LogP contribution >= 0.6 is 0 Å². The van der Waals surface area contributed by atoms with Crippen molar-refractivity contribution in [1.82, 2.24) is 4.57 Å². The van der Waals surface area contributed by atoms with E-state index in [9.17, 15) is 18.0 Å². The number of rotatable bonds is 4. The number of nitrogens with zero attached hydrogens (tertiary/aromatic N) is 1. The smallest absolute Gasteiger partial charge is 0.388 e. The molecule has 0 atom stereocenters. The Bertz CT molecular complexity index is 1040. The van der Waals surface area contributed by atoms with Crippen LogP contribution in [0.3, 0.4) is 0 Å². The third-order valence-corrected chi connectivity index (χ3v) is 4.20. The highest BCUT2D eigenvalue weighted by molar-refractivity contribution is 5.86. The minimum Gasteiger partial charge on any atom is -0.388 e. The van der Waals surface area contributed by atoms with E-state index < -0.39 is 11.7 Å². The first-order valence-corrected chi connectivity index (χ1v) is 8.06. The molecular weight excluding hydrogens is 355 g/mol. The zero-order valence-electron chi connectivity index (χ0n) is 14.3. The molecule has 2 N–H and O–H groups in total. The lowest BCUT2D eigenvalue weighted by Crippen LogP contribution is -2.17. The average Bonchev–Trinajstić information content (AvgIpc) is 2.66. The second-order valence-electron chi connectivity index (χ2n) is 5.86. The van der Waals surface area contributed by atoms with Crippen molar-refractivity contribution in [3.05, 3.63) is 82.3 Å². The van der Waals surface area contributed by atoms with Gasteiger partial charge in [-0.15, -0.1) is 0 Å². The standard InChI is InChI=1S/C20H16F3N3O/c1-25-18-7-6-17(10-15(18)12-24)26-9-8-14(11-19(26)27)13-2-4-16(5-3-13)20(21,22)23/h2-12,24-25H,1H3. The maximum absolute atomic E-state index is 12.7. The Hall–Kier alpha value is -3.35. The second kappa shape index (κ2) is 7.11. The third-order valence-electron chi connectivity index (χ3n) is 4.20. The predicted octanol–water partition coefficient (Wildman–Crippen LogP) is 4.56. The zero-order chi connectivity index (χ0) is 19.6. The lowest BCUT2D eigenvalue weighted by Gasteiger charge is -2.11. The Morgan fingerprint density at radius 2 is 1.70 bits per heavy atom. The minimum absolute atomic E-state index is 0.319. The summed E-state index contributed by atoms with van der Waals surface area (Å²) in [6, 6.07) is 12.9. The van der Waals surface area contributed by atoms with Crippen molar-refractivity contribution in [2.45, 2.75) is 6.18 Å². The summed E-state index contributed by atoms with van der Waals surface area (Å²) in [6.07, 6.45) is -1.64. The molecule has 0 radical (unpaired) electrons. The van der Waals surface area contributed by atoms with Gasteiger partial charge in [0.05, 0.1) is 5.56 Å². The van der Waals surface area contributed by atoms with Gasteiger partial charge in [-0.2, -0.15) is 13.2 Å². The first-order chi connectivity index (χ1) is 12.8. The Morgan fingerprint density at radius 3 is 2.26 bits per heavy atom. The molecule has 0 bridgehead atoms. The number of benzene rings is 2. The molecule has 0 saturated carbocycles. The summed E-state index contributed by atoms with van der Waals surface area (Å²) in [5.74, 6) is 0. The van der Waals surface area contributed by atoms with Gasteiger partial charge in [-0.25, -0.2) is 0 Å². The van der Waals surface area contributed by atoms with Crippen LogP contribution in [0, 0.1) is 5.41 Å². The molecule has 1 heterocycles. The van der Waals surface area contributed by atoms with Crippen molar-refractivity contribution < 1.29 is 13.2 Å². The third kappa shape index (κ3) is 3.76. The SMILES string of the molecule is CNc1ccc(-n2ccc(-c3ccc(C(F)(F)F)cc3)cc2=O)cc1C=N. The van der Waals surface area contributed by atoms with E-state index in [0.29, 0.717) is 22.4 Å². The van der Waals surface area contributed by atoms with Crippen LogP contribution in [0.4, 0.5) is 18.9 Å². The molecule has 0 unspecified atom stereocenters. The molecule has 0 saturated heterocycles. The van der Waals surface area contributed by atoms with Crippen LogP contribution in [-0.4, -0.2) is 17.8 Å². The summed E-state index contributed by atoms with van der Waals surface area (Å²) in [6.45, 7) is 0. The van der Waals surface area contributed by atoms with Crippen LogP contribution < -0.4 is 10.9 Å². The van der Waals surface area contributed by atoms with E-state index in [1.165, 1.54) is 29.0 Å². The van der Waals surface area contributed by atoms with Gasteiger partial charge in [-0.05, 0) is 47.5 Å². The van der Waals surface area contributed by atoms with Crippen LogP contribution in [0.15, 0.2) is 65.6 Å². The van der Waals surface area contributed by atoms with E-state index in [-0.39, 0.29) is 5.56 Å². The van der Waals surface area contributed by atoms with Gasteiger partial charge in [0, 0.05) is 42.5 Å². The molecule has 0 aliphatic carbocycles.